The van der Waals surface area contributed by atoms with Crippen molar-refractivity contribution in [3.63, 3.8) is 0 Å². The smallest absolute Gasteiger partial charge is 0.245 e. The van der Waals surface area contributed by atoms with Crippen molar-refractivity contribution in [2.75, 3.05) is 20.1 Å². The molecule has 0 bridgehead atoms. The summed E-state index contributed by atoms with van der Waals surface area (Å²) < 4.78 is 0. The third-order valence-corrected chi connectivity index (χ3v) is 11.0. The number of carbonyl (C=O) groups is 3. The molecule has 2 heterocycles. The molecule has 1 aliphatic rings. The minimum Gasteiger partial charge on any atom is -0.361 e. The van der Waals surface area contributed by atoms with E-state index < -0.39 is 18.1 Å². The van der Waals surface area contributed by atoms with Crippen LogP contribution in [0.3, 0.4) is 0 Å². The number of unbranched alkanes of at least 4 members (excludes halogenated alkanes) is 1. The average molecular weight is 712 g/mol. The van der Waals surface area contributed by atoms with Gasteiger partial charge in [0.25, 0.3) is 0 Å². The number of nitrogens with two attached hydrogens (primary N) is 2. The third kappa shape index (κ3) is 9.79. The molecule has 272 valence electrons. The Kier molecular flexibility index (Phi) is 13.7. The second-order valence-corrected chi connectivity index (χ2v) is 14.8. The van der Waals surface area contributed by atoms with Crippen LogP contribution < -0.4 is 27.4 Å². The molecule has 0 spiro atoms. The summed E-state index contributed by atoms with van der Waals surface area (Å²) in [6.45, 7) is 6.00. The predicted octanol–water partition coefficient (Wildman–Crippen LogP) is 4.95. The van der Waals surface area contributed by atoms with Crippen LogP contribution in [0.2, 0.25) is 0 Å². The standard InChI is InChI=1S/C40H53N7O3S/c1-26(2)27-17-18-37-30(21-27)25-45-39(49)35(22-29-24-43-32-13-6-5-12-31(29)32)47(3)40(50)34(14-8-9-19-41)46-38(48)33(15-10-20-42)44-23-28-11-4-7-16-36(28)51-37/h4-7,11-13,16-18,21,24,26,33-35,43-44H,8-10,14-15,19-20,22-23,25,41-42H2,1-3H3,(H,45,49)(H,46,48)/t33-,34?,35+/m1/s1. The van der Waals surface area contributed by atoms with Gasteiger partial charge in [-0.3, -0.25) is 14.4 Å². The second kappa shape index (κ2) is 18.4. The van der Waals surface area contributed by atoms with Crippen LogP contribution in [0.25, 0.3) is 10.9 Å². The molecule has 1 unspecified atom stereocenters. The quantitative estimate of drug-likeness (QED) is 0.127. The lowest BCUT2D eigenvalue weighted by atomic mass is 10.00. The lowest BCUT2D eigenvalue weighted by Crippen LogP contribution is -2.57. The SMILES string of the molecule is CC(C)c1ccc2c(c1)CNC(=O)[C@H](Cc1c[nH]c3ccccc13)N(C)C(=O)C(CCCCN)NC(=O)[C@@H](CCCN)NCc1ccccc1S2. The van der Waals surface area contributed by atoms with E-state index in [9.17, 15) is 14.4 Å². The maximum atomic E-state index is 14.4. The van der Waals surface area contributed by atoms with Gasteiger partial charge in [0.05, 0.1) is 6.04 Å². The number of benzene rings is 3. The van der Waals surface area contributed by atoms with Crippen molar-refractivity contribution in [3.8, 4) is 0 Å². The number of rotatable bonds is 10. The fraction of sp³-hybridized carbons (Fsp3) is 0.425. The van der Waals surface area contributed by atoms with Gasteiger partial charge in [-0.25, -0.2) is 0 Å². The van der Waals surface area contributed by atoms with E-state index in [0.29, 0.717) is 70.6 Å². The molecule has 51 heavy (non-hydrogen) atoms. The molecule has 0 fully saturated rings. The van der Waals surface area contributed by atoms with Gasteiger partial charge in [-0.1, -0.05) is 74.1 Å². The molecule has 5 rings (SSSR count). The highest BCUT2D eigenvalue weighted by atomic mass is 32.2. The molecule has 10 nitrogen and oxygen atoms in total. The van der Waals surface area contributed by atoms with E-state index in [1.54, 1.807) is 18.8 Å². The number of carbonyl (C=O) groups excluding carboxylic acids is 3. The van der Waals surface area contributed by atoms with Crippen molar-refractivity contribution in [2.24, 2.45) is 11.5 Å². The molecule has 4 aromatic rings. The molecule has 0 saturated heterocycles. The van der Waals surface area contributed by atoms with E-state index in [1.165, 1.54) is 10.5 Å². The van der Waals surface area contributed by atoms with Gasteiger partial charge >= 0.3 is 0 Å². The highest BCUT2D eigenvalue weighted by molar-refractivity contribution is 7.99. The molecule has 1 aliphatic heterocycles. The first-order valence-corrected chi connectivity index (χ1v) is 18.9. The summed E-state index contributed by atoms with van der Waals surface area (Å²) in [5, 5.41) is 10.8. The molecule has 0 radical (unpaired) electrons. The highest BCUT2D eigenvalue weighted by Crippen LogP contribution is 2.35. The Bertz CT molecular complexity index is 1790. The summed E-state index contributed by atoms with van der Waals surface area (Å²) in [6, 6.07) is 20.3. The zero-order valence-electron chi connectivity index (χ0n) is 30.0. The Morgan fingerprint density at radius 1 is 0.824 bits per heavy atom. The number of likely N-dealkylation sites (N-methyl/N-ethyl adjacent to an activating group) is 1. The van der Waals surface area contributed by atoms with E-state index in [-0.39, 0.29) is 17.7 Å². The number of nitrogens with zero attached hydrogens (tertiary/aromatic N) is 1. The molecule has 0 saturated carbocycles. The number of para-hydroxylation sites is 1. The largest absolute Gasteiger partial charge is 0.361 e. The van der Waals surface area contributed by atoms with Crippen molar-refractivity contribution < 1.29 is 14.4 Å². The van der Waals surface area contributed by atoms with E-state index in [4.69, 9.17) is 11.5 Å². The van der Waals surface area contributed by atoms with Gasteiger partial charge in [-0.15, -0.1) is 0 Å². The second-order valence-electron chi connectivity index (χ2n) is 13.7. The molecular formula is C40H53N7O3S. The monoisotopic (exact) mass is 711 g/mol. The molecule has 0 aliphatic carbocycles. The number of hydrogen-bond acceptors (Lipinski definition) is 7. The fourth-order valence-electron chi connectivity index (χ4n) is 6.58. The van der Waals surface area contributed by atoms with Crippen molar-refractivity contribution in [1.82, 2.24) is 25.8 Å². The summed E-state index contributed by atoms with van der Waals surface area (Å²) in [5.74, 6) is -0.532. The molecule has 3 aromatic carbocycles. The van der Waals surface area contributed by atoms with Crippen molar-refractivity contribution >= 4 is 40.4 Å². The van der Waals surface area contributed by atoms with Crippen molar-refractivity contribution in [2.45, 2.75) is 99.3 Å². The van der Waals surface area contributed by atoms with Gasteiger partial charge in [-0.2, -0.15) is 0 Å². The molecule has 11 heteroatoms. The summed E-state index contributed by atoms with van der Waals surface area (Å²) in [6.07, 6.45) is 5.14. The summed E-state index contributed by atoms with van der Waals surface area (Å²) >= 11 is 1.65. The number of aromatic amines is 1. The first-order valence-electron chi connectivity index (χ1n) is 18.1. The predicted molar refractivity (Wildman–Crippen MR) is 205 cm³/mol. The minimum atomic E-state index is -0.836. The van der Waals surface area contributed by atoms with E-state index in [1.807, 2.05) is 42.6 Å². The number of H-pyrrole nitrogens is 1. The Hall–Kier alpha value is -4.16. The van der Waals surface area contributed by atoms with Gasteiger partial charge in [0.2, 0.25) is 17.7 Å². The van der Waals surface area contributed by atoms with Gasteiger partial charge in [0.15, 0.2) is 0 Å². The average Bonchev–Trinajstić information content (AvgIpc) is 3.55. The Labute approximate surface area is 305 Å². The van der Waals surface area contributed by atoms with Crippen LogP contribution in [0, 0.1) is 0 Å². The Morgan fingerprint density at radius 2 is 1.55 bits per heavy atom. The minimum absolute atomic E-state index is 0.262. The van der Waals surface area contributed by atoms with Gasteiger partial charge in [-0.05, 0) is 91.6 Å². The van der Waals surface area contributed by atoms with Gasteiger partial charge in [0, 0.05) is 53.4 Å². The molecule has 1 aromatic heterocycles. The van der Waals surface area contributed by atoms with Crippen LogP contribution in [0.4, 0.5) is 0 Å². The van der Waals surface area contributed by atoms with Crippen LogP contribution in [-0.2, 0) is 33.9 Å². The van der Waals surface area contributed by atoms with E-state index >= 15 is 0 Å². The van der Waals surface area contributed by atoms with Crippen LogP contribution in [0.5, 0.6) is 0 Å². The van der Waals surface area contributed by atoms with E-state index in [0.717, 1.165) is 37.4 Å². The zero-order chi connectivity index (χ0) is 36.3. The van der Waals surface area contributed by atoms with Crippen molar-refractivity contribution in [3.05, 3.63) is 95.2 Å². The molecule has 3 atom stereocenters. The third-order valence-electron chi connectivity index (χ3n) is 9.72. The van der Waals surface area contributed by atoms with Crippen LogP contribution in [0.15, 0.2) is 82.7 Å². The summed E-state index contributed by atoms with van der Waals surface area (Å²) in [5.41, 5.74) is 16.8. The Balaban J connectivity index is 1.57. The summed E-state index contributed by atoms with van der Waals surface area (Å²) in [4.78, 5) is 49.7. The van der Waals surface area contributed by atoms with Crippen LogP contribution in [0.1, 0.15) is 74.1 Å². The Morgan fingerprint density at radius 3 is 2.33 bits per heavy atom. The maximum absolute atomic E-state index is 14.4. The number of fused-ring (bicyclic) bond motifs is 3. The molecule has 8 N–H and O–H groups in total. The fourth-order valence-corrected chi connectivity index (χ4v) is 7.63. The normalized spacial score (nSPS) is 19.4. The highest BCUT2D eigenvalue weighted by Gasteiger charge is 2.34. The number of hydrogen-bond donors (Lipinski definition) is 6. The summed E-state index contributed by atoms with van der Waals surface area (Å²) in [7, 11) is 1.67. The molecule has 3 amide bonds. The van der Waals surface area contributed by atoms with Gasteiger partial charge < -0.3 is 37.3 Å². The van der Waals surface area contributed by atoms with E-state index in [2.05, 4.69) is 65.1 Å². The van der Waals surface area contributed by atoms with Crippen LogP contribution in [-0.4, -0.2) is 65.9 Å². The number of aromatic nitrogens is 1. The molecular weight excluding hydrogens is 659 g/mol. The first kappa shape index (κ1) is 38.1. The first-order chi connectivity index (χ1) is 24.7. The number of nitrogens with one attached hydrogen (secondary N) is 4. The van der Waals surface area contributed by atoms with Crippen LogP contribution >= 0.6 is 11.8 Å². The maximum Gasteiger partial charge on any atom is 0.245 e. The lowest BCUT2D eigenvalue weighted by Gasteiger charge is -2.32. The topological polar surface area (TPSA) is 158 Å². The lowest BCUT2D eigenvalue weighted by molar-refractivity contribution is -0.142. The number of amides is 3. The van der Waals surface area contributed by atoms with Gasteiger partial charge in [0.1, 0.15) is 12.1 Å². The zero-order valence-corrected chi connectivity index (χ0v) is 30.9. The van der Waals surface area contributed by atoms with Crippen molar-refractivity contribution in [1.29, 1.82) is 0 Å².